The number of hydrogen-bond donors (Lipinski definition) is 5. The molecule has 0 spiro atoms. The highest BCUT2D eigenvalue weighted by Crippen LogP contribution is 2.33. The van der Waals surface area contributed by atoms with Crippen LogP contribution in [-0.2, 0) is 11.2 Å². The van der Waals surface area contributed by atoms with Crippen LogP contribution in [-0.4, -0.2) is 84.6 Å². The summed E-state index contributed by atoms with van der Waals surface area (Å²) in [7, 11) is 0. The predicted molar refractivity (Wildman–Crippen MR) is 149 cm³/mol. The molecule has 2 aliphatic rings. The summed E-state index contributed by atoms with van der Waals surface area (Å²) < 4.78 is 7.76. The van der Waals surface area contributed by atoms with Crippen molar-refractivity contribution in [3.63, 3.8) is 0 Å². The van der Waals surface area contributed by atoms with Gasteiger partial charge in [0.05, 0.1) is 12.4 Å². The summed E-state index contributed by atoms with van der Waals surface area (Å²) in [6.07, 6.45) is 4.80. The number of nitrogens with one attached hydrogen (secondary N) is 2. The van der Waals surface area contributed by atoms with E-state index in [1.165, 1.54) is 11.9 Å². The molecule has 3 aromatic rings. The fourth-order valence-corrected chi connectivity index (χ4v) is 5.46. The highest BCUT2D eigenvalue weighted by Gasteiger charge is 2.44. The number of imidazole rings is 1. The second-order valence-electron chi connectivity index (χ2n) is 9.72. The first-order valence-electron chi connectivity index (χ1n) is 13.2. The average Bonchev–Trinajstić information content (AvgIpc) is 3.57. The summed E-state index contributed by atoms with van der Waals surface area (Å²) in [5.74, 6) is 2.57. The van der Waals surface area contributed by atoms with Crippen LogP contribution in [0.3, 0.4) is 0 Å². The van der Waals surface area contributed by atoms with E-state index in [9.17, 15) is 10.2 Å². The molecule has 11 nitrogen and oxygen atoms in total. The molecule has 6 N–H and O–H groups in total. The van der Waals surface area contributed by atoms with E-state index >= 15 is 0 Å². The Morgan fingerprint density at radius 3 is 2.79 bits per heavy atom. The predicted octanol–water partition coefficient (Wildman–Crippen LogP) is 1.68. The van der Waals surface area contributed by atoms with E-state index in [0.29, 0.717) is 41.3 Å². The molecule has 0 radical (unpaired) electrons. The van der Waals surface area contributed by atoms with Gasteiger partial charge in [-0.25, -0.2) is 15.0 Å². The third-order valence-electron chi connectivity index (χ3n) is 6.69. The van der Waals surface area contributed by atoms with Crippen LogP contribution in [0.2, 0.25) is 0 Å². The molecule has 1 aliphatic heterocycles. The van der Waals surface area contributed by atoms with Gasteiger partial charge >= 0.3 is 0 Å². The Labute approximate surface area is 226 Å². The molecule has 204 valence electrons. The number of nitrogens with two attached hydrogens (primary N) is 1. The van der Waals surface area contributed by atoms with Crippen molar-refractivity contribution in [1.29, 1.82) is 0 Å². The molecule has 1 saturated heterocycles. The van der Waals surface area contributed by atoms with E-state index in [2.05, 4.69) is 42.7 Å². The average molecular weight is 541 g/mol. The molecule has 4 atom stereocenters. The number of aliphatic hydroxyl groups is 2. The van der Waals surface area contributed by atoms with Gasteiger partial charge in [0, 0.05) is 24.9 Å². The van der Waals surface area contributed by atoms with Gasteiger partial charge in [0.2, 0.25) is 0 Å². The van der Waals surface area contributed by atoms with Gasteiger partial charge < -0.3 is 31.3 Å². The summed E-state index contributed by atoms with van der Waals surface area (Å²) in [6, 6.07) is 10.9. The van der Waals surface area contributed by atoms with Gasteiger partial charge in [-0.15, -0.1) is 0 Å². The van der Waals surface area contributed by atoms with Crippen LogP contribution in [0.25, 0.3) is 11.2 Å². The van der Waals surface area contributed by atoms with Gasteiger partial charge in [0.1, 0.15) is 18.5 Å². The highest BCUT2D eigenvalue weighted by molar-refractivity contribution is 7.99. The number of anilines is 1. The number of benzene rings is 1. The second kappa shape index (κ2) is 12.7. The smallest absolute Gasteiger partial charge is 0.188 e. The lowest BCUT2D eigenvalue weighted by Gasteiger charge is -2.16. The topological polar surface area (TPSA) is 156 Å². The van der Waals surface area contributed by atoms with E-state index in [0.717, 1.165) is 44.4 Å². The lowest BCUT2D eigenvalue weighted by molar-refractivity contribution is -0.0289. The zero-order valence-electron chi connectivity index (χ0n) is 21.3. The fourth-order valence-electron chi connectivity index (χ4n) is 4.46. The van der Waals surface area contributed by atoms with Crippen molar-refractivity contribution in [3.05, 3.63) is 48.5 Å². The number of rotatable bonds is 13. The van der Waals surface area contributed by atoms with Gasteiger partial charge in [0.15, 0.2) is 29.2 Å². The standard InChI is InChI=1S/C26H36N8O3S/c27-26(33-18-9-10-18)29-12-5-13-38-14-19-21(35)22(36)25(37-19)34-16-32-20-23(30-15-31-24(20)34)28-11-4-8-17-6-2-1-3-7-17/h1-3,6-7,15-16,18-19,21-22,25,35-36H,4-5,8-14H2,(H3,27,29,33)(H,28,30,31)/t19-,21-,22-,25-/m1/s1. The van der Waals surface area contributed by atoms with Gasteiger partial charge in [-0.05, 0) is 43.4 Å². The molecule has 2 fully saturated rings. The van der Waals surface area contributed by atoms with Crippen molar-refractivity contribution in [2.45, 2.75) is 62.7 Å². The summed E-state index contributed by atoms with van der Waals surface area (Å²) in [5.41, 5.74) is 8.30. The van der Waals surface area contributed by atoms with Crippen molar-refractivity contribution in [1.82, 2.24) is 24.8 Å². The first-order valence-corrected chi connectivity index (χ1v) is 14.4. The molecule has 1 aliphatic carbocycles. The Bertz CT molecular complexity index is 1210. The lowest BCUT2D eigenvalue weighted by Crippen LogP contribution is -2.33. The van der Waals surface area contributed by atoms with Crippen LogP contribution in [0.1, 0.15) is 37.5 Å². The number of guanidine groups is 1. The molecule has 3 heterocycles. The van der Waals surface area contributed by atoms with Crippen LogP contribution in [0.5, 0.6) is 0 Å². The maximum absolute atomic E-state index is 10.8. The molecular weight excluding hydrogens is 504 g/mol. The summed E-state index contributed by atoms with van der Waals surface area (Å²) in [6.45, 7) is 1.39. The van der Waals surface area contributed by atoms with Crippen LogP contribution >= 0.6 is 11.8 Å². The Hall–Kier alpha value is -2.93. The molecule has 12 heteroatoms. The van der Waals surface area contributed by atoms with Gasteiger partial charge in [-0.3, -0.25) is 9.56 Å². The van der Waals surface area contributed by atoms with E-state index in [1.807, 2.05) is 18.2 Å². The third kappa shape index (κ3) is 6.73. The first kappa shape index (κ1) is 26.7. The zero-order valence-corrected chi connectivity index (χ0v) is 22.1. The molecule has 0 amide bonds. The van der Waals surface area contributed by atoms with Crippen molar-refractivity contribution in [3.8, 4) is 0 Å². The number of aliphatic hydroxyl groups excluding tert-OH is 2. The Morgan fingerprint density at radius 1 is 1.13 bits per heavy atom. The second-order valence-corrected chi connectivity index (χ2v) is 10.9. The number of aryl methyl sites for hydroxylation is 1. The maximum atomic E-state index is 10.8. The Morgan fingerprint density at radius 2 is 1.97 bits per heavy atom. The van der Waals surface area contributed by atoms with Gasteiger partial charge in [-0.1, -0.05) is 30.3 Å². The van der Waals surface area contributed by atoms with Crippen molar-refractivity contribution in [2.75, 3.05) is 29.9 Å². The molecule has 2 aromatic heterocycles. The van der Waals surface area contributed by atoms with Crippen LogP contribution < -0.4 is 16.4 Å². The third-order valence-corrected chi connectivity index (χ3v) is 7.83. The number of ether oxygens (including phenoxy) is 1. The summed E-state index contributed by atoms with van der Waals surface area (Å²) in [5, 5.41) is 27.9. The number of aromatic nitrogens is 4. The van der Waals surface area contributed by atoms with Crippen LogP contribution in [0.15, 0.2) is 48.0 Å². The first-order chi connectivity index (χ1) is 18.6. The number of thioether (sulfide) groups is 1. The number of hydrogen-bond acceptors (Lipinski definition) is 9. The molecule has 38 heavy (non-hydrogen) atoms. The quantitative estimate of drug-likeness (QED) is 0.123. The largest absolute Gasteiger partial charge is 0.387 e. The molecule has 5 rings (SSSR count). The lowest BCUT2D eigenvalue weighted by atomic mass is 10.1. The zero-order chi connectivity index (χ0) is 26.3. The van der Waals surface area contributed by atoms with Crippen molar-refractivity contribution >= 4 is 34.7 Å². The monoisotopic (exact) mass is 540 g/mol. The molecule has 1 saturated carbocycles. The summed E-state index contributed by atoms with van der Waals surface area (Å²) >= 11 is 1.66. The number of aliphatic imine (C=N–C) groups is 1. The normalized spacial score (nSPS) is 23.7. The van der Waals surface area contributed by atoms with Crippen LogP contribution in [0.4, 0.5) is 5.82 Å². The highest BCUT2D eigenvalue weighted by atomic mass is 32.2. The molecule has 0 unspecified atom stereocenters. The minimum Gasteiger partial charge on any atom is -0.387 e. The molecule has 0 bridgehead atoms. The van der Waals surface area contributed by atoms with Crippen LogP contribution in [0, 0.1) is 0 Å². The summed E-state index contributed by atoms with van der Waals surface area (Å²) in [4.78, 5) is 17.6. The maximum Gasteiger partial charge on any atom is 0.188 e. The Kier molecular flexibility index (Phi) is 8.94. The Balaban J connectivity index is 1.11. The minimum absolute atomic E-state index is 0.500. The van der Waals surface area contributed by atoms with E-state index < -0.39 is 24.5 Å². The van der Waals surface area contributed by atoms with E-state index in [4.69, 9.17) is 10.5 Å². The van der Waals surface area contributed by atoms with E-state index in [1.54, 1.807) is 22.7 Å². The SMILES string of the molecule is NC(=NCCCSC[C@H]1O[C@@H](n2cnc3c(NCCCc4ccccc4)ncnc32)[C@H](O)[C@@H]1O)NC1CC1. The molecular formula is C26H36N8O3S. The van der Waals surface area contributed by atoms with E-state index in [-0.39, 0.29) is 0 Å². The van der Waals surface area contributed by atoms with Gasteiger partial charge in [-0.2, -0.15) is 11.8 Å². The molecule has 1 aromatic carbocycles. The van der Waals surface area contributed by atoms with Crippen molar-refractivity contribution in [2.24, 2.45) is 10.7 Å². The number of fused-ring (bicyclic) bond motifs is 1. The minimum atomic E-state index is -1.09. The van der Waals surface area contributed by atoms with Gasteiger partial charge in [0.25, 0.3) is 0 Å². The number of nitrogens with zero attached hydrogens (tertiary/aromatic N) is 5. The van der Waals surface area contributed by atoms with Crippen molar-refractivity contribution < 1.29 is 14.9 Å². The fraction of sp³-hybridized carbons (Fsp3) is 0.538.